The molecule has 1 N–H and O–H groups in total. The van der Waals surface area contributed by atoms with Gasteiger partial charge < -0.3 is 19.2 Å². The molecule has 0 bridgehead atoms. The second kappa shape index (κ2) is 10.5. The average Bonchev–Trinajstić information content (AvgIpc) is 3.26. The standard InChI is InChI=1S/C28H27NO4S/c1-5-32-26-16-27-23(24(17-33-27)21-8-6-7-9-25(21)31-3)15-22(26)18(2)14-28(30)29-19-10-12-20(34-4)13-11-19/h6-17H,5H2,1-4H3,(H,29,30)/b18-14+. The first-order valence-electron chi connectivity index (χ1n) is 11.0. The number of rotatable bonds is 8. The lowest BCUT2D eigenvalue weighted by Gasteiger charge is -2.12. The molecule has 5 nitrogen and oxygen atoms in total. The van der Waals surface area contributed by atoms with E-state index in [0.29, 0.717) is 17.9 Å². The Morgan fingerprint density at radius 2 is 1.82 bits per heavy atom. The molecule has 0 aliphatic carbocycles. The van der Waals surface area contributed by atoms with Gasteiger partial charge in [-0.2, -0.15) is 0 Å². The Morgan fingerprint density at radius 3 is 2.53 bits per heavy atom. The van der Waals surface area contributed by atoms with Gasteiger partial charge in [-0.3, -0.25) is 4.79 Å². The molecule has 1 amide bonds. The van der Waals surface area contributed by atoms with Crippen molar-refractivity contribution in [3.05, 3.63) is 78.6 Å². The molecule has 4 rings (SSSR count). The van der Waals surface area contributed by atoms with E-state index in [-0.39, 0.29) is 5.91 Å². The SMILES string of the molecule is CCOc1cc2occ(-c3ccccc3OC)c2cc1/C(C)=C/C(=O)Nc1ccc(SC)cc1. The molecule has 0 unspecified atom stereocenters. The highest BCUT2D eigenvalue weighted by Crippen LogP contribution is 2.40. The Morgan fingerprint density at radius 1 is 1.06 bits per heavy atom. The summed E-state index contributed by atoms with van der Waals surface area (Å²) in [4.78, 5) is 13.9. The summed E-state index contributed by atoms with van der Waals surface area (Å²) in [7, 11) is 1.65. The Labute approximate surface area is 203 Å². The van der Waals surface area contributed by atoms with Crippen LogP contribution in [-0.2, 0) is 4.79 Å². The number of amides is 1. The molecule has 1 aromatic heterocycles. The molecule has 0 radical (unpaired) electrons. The van der Waals surface area contributed by atoms with Crippen LogP contribution in [0, 0.1) is 0 Å². The van der Waals surface area contributed by atoms with Crippen molar-refractivity contribution < 1.29 is 18.7 Å². The lowest BCUT2D eigenvalue weighted by molar-refractivity contribution is -0.111. The van der Waals surface area contributed by atoms with Crippen LogP contribution in [0.15, 0.2) is 82.3 Å². The van der Waals surface area contributed by atoms with Crippen molar-refractivity contribution in [1.82, 2.24) is 0 Å². The third-order valence-electron chi connectivity index (χ3n) is 5.50. The predicted octanol–water partition coefficient (Wildman–Crippen LogP) is 7.27. The molecule has 0 fully saturated rings. The number of fused-ring (bicyclic) bond motifs is 1. The largest absolute Gasteiger partial charge is 0.496 e. The van der Waals surface area contributed by atoms with Gasteiger partial charge in [0.05, 0.1) is 20.0 Å². The number of hydrogen-bond donors (Lipinski definition) is 1. The van der Waals surface area contributed by atoms with Gasteiger partial charge >= 0.3 is 0 Å². The van der Waals surface area contributed by atoms with Gasteiger partial charge in [0.25, 0.3) is 0 Å². The van der Waals surface area contributed by atoms with Crippen LogP contribution < -0.4 is 14.8 Å². The van der Waals surface area contributed by atoms with Crippen molar-refractivity contribution in [1.29, 1.82) is 0 Å². The molecule has 0 atom stereocenters. The number of carbonyl (C=O) groups excluding carboxylic acids is 1. The van der Waals surface area contributed by atoms with Crippen molar-refractivity contribution in [2.45, 2.75) is 18.7 Å². The molecule has 0 saturated carbocycles. The quantitative estimate of drug-likeness (QED) is 0.215. The van der Waals surface area contributed by atoms with Crippen LogP contribution in [0.2, 0.25) is 0 Å². The number of allylic oxidation sites excluding steroid dienone is 1. The van der Waals surface area contributed by atoms with Crippen molar-refractivity contribution in [2.24, 2.45) is 0 Å². The van der Waals surface area contributed by atoms with E-state index in [1.54, 1.807) is 31.2 Å². The van der Waals surface area contributed by atoms with E-state index in [0.717, 1.165) is 44.0 Å². The highest BCUT2D eigenvalue weighted by Gasteiger charge is 2.17. The zero-order chi connectivity index (χ0) is 24.1. The van der Waals surface area contributed by atoms with Crippen molar-refractivity contribution in [2.75, 3.05) is 25.3 Å². The Balaban J connectivity index is 1.71. The van der Waals surface area contributed by atoms with E-state index >= 15 is 0 Å². The Kier molecular flexibility index (Phi) is 7.28. The number of ether oxygens (including phenoxy) is 2. The van der Waals surface area contributed by atoms with Crippen LogP contribution in [0.5, 0.6) is 11.5 Å². The molecule has 34 heavy (non-hydrogen) atoms. The van der Waals surface area contributed by atoms with Gasteiger partial charge in [-0.05, 0) is 62.1 Å². The minimum absolute atomic E-state index is 0.200. The summed E-state index contributed by atoms with van der Waals surface area (Å²) in [6.45, 7) is 4.34. The lowest BCUT2D eigenvalue weighted by atomic mass is 9.98. The van der Waals surface area contributed by atoms with Crippen LogP contribution in [0.4, 0.5) is 5.69 Å². The number of benzene rings is 3. The summed E-state index contributed by atoms with van der Waals surface area (Å²) in [5.41, 5.74) is 4.94. The smallest absolute Gasteiger partial charge is 0.248 e. The number of thioether (sulfide) groups is 1. The molecule has 1 heterocycles. The summed E-state index contributed by atoms with van der Waals surface area (Å²) in [5, 5.41) is 3.85. The minimum atomic E-state index is -0.200. The van der Waals surface area contributed by atoms with Crippen LogP contribution in [0.3, 0.4) is 0 Å². The first-order chi connectivity index (χ1) is 16.5. The Hall–Kier alpha value is -3.64. The molecule has 0 spiro atoms. The van der Waals surface area contributed by atoms with Crippen molar-refractivity contribution >= 4 is 39.9 Å². The number of carbonyl (C=O) groups is 1. The second-order valence-electron chi connectivity index (χ2n) is 7.67. The number of anilines is 1. The zero-order valence-corrected chi connectivity index (χ0v) is 20.5. The molecule has 3 aromatic carbocycles. The Bertz CT molecular complexity index is 1340. The average molecular weight is 474 g/mol. The summed E-state index contributed by atoms with van der Waals surface area (Å²) < 4.78 is 17.3. The van der Waals surface area contributed by atoms with E-state index in [9.17, 15) is 4.79 Å². The van der Waals surface area contributed by atoms with Crippen molar-refractivity contribution in [3.63, 3.8) is 0 Å². The highest BCUT2D eigenvalue weighted by molar-refractivity contribution is 7.98. The van der Waals surface area contributed by atoms with Gasteiger partial charge in [-0.1, -0.05) is 18.2 Å². The van der Waals surface area contributed by atoms with Gasteiger partial charge in [-0.15, -0.1) is 11.8 Å². The predicted molar refractivity (Wildman–Crippen MR) is 140 cm³/mol. The van der Waals surface area contributed by atoms with Crippen LogP contribution in [0.25, 0.3) is 27.7 Å². The maximum Gasteiger partial charge on any atom is 0.248 e. The first-order valence-corrected chi connectivity index (χ1v) is 12.2. The molecule has 6 heteroatoms. The minimum Gasteiger partial charge on any atom is -0.496 e. The van der Waals surface area contributed by atoms with Crippen molar-refractivity contribution in [3.8, 4) is 22.6 Å². The third-order valence-corrected chi connectivity index (χ3v) is 6.25. The van der Waals surface area contributed by atoms with Crippen LogP contribution >= 0.6 is 11.8 Å². The van der Waals surface area contributed by atoms with Gasteiger partial charge in [0, 0.05) is 44.8 Å². The molecule has 0 aliphatic rings. The van der Waals surface area contributed by atoms with E-state index in [1.165, 1.54) is 0 Å². The summed E-state index contributed by atoms with van der Waals surface area (Å²) in [6.07, 6.45) is 5.34. The van der Waals surface area contributed by atoms with Gasteiger partial charge in [0.2, 0.25) is 5.91 Å². The third kappa shape index (κ3) is 4.97. The number of para-hydroxylation sites is 1. The fraction of sp³-hybridized carbons (Fsp3) is 0.179. The summed E-state index contributed by atoms with van der Waals surface area (Å²) in [6, 6.07) is 19.5. The summed E-state index contributed by atoms with van der Waals surface area (Å²) >= 11 is 1.66. The van der Waals surface area contributed by atoms with E-state index in [4.69, 9.17) is 13.9 Å². The maximum absolute atomic E-state index is 12.7. The fourth-order valence-corrected chi connectivity index (χ4v) is 4.25. The number of methoxy groups -OCH3 is 1. The lowest BCUT2D eigenvalue weighted by Crippen LogP contribution is -2.08. The maximum atomic E-state index is 12.7. The normalized spacial score (nSPS) is 11.5. The van der Waals surface area contributed by atoms with Crippen LogP contribution in [0.1, 0.15) is 19.4 Å². The molecular formula is C28H27NO4S. The monoisotopic (exact) mass is 473 g/mol. The fourth-order valence-electron chi connectivity index (χ4n) is 3.84. The molecule has 0 aliphatic heterocycles. The molecule has 0 saturated heterocycles. The van der Waals surface area contributed by atoms with Gasteiger partial charge in [0.15, 0.2) is 0 Å². The molecular weight excluding hydrogens is 446 g/mol. The van der Waals surface area contributed by atoms with Crippen LogP contribution in [-0.4, -0.2) is 25.9 Å². The summed E-state index contributed by atoms with van der Waals surface area (Å²) in [5.74, 6) is 1.23. The zero-order valence-electron chi connectivity index (χ0n) is 19.7. The first kappa shape index (κ1) is 23.5. The second-order valence-corrected chi connectivity index (χ2v) is 8.55. The van der Waals surface area contributed by atoms with Gasteiger partial charge in [0.1, 0.15) is 17.1 Å². The molecule has 174 valence electrons. The topological polar surface area (TPSA) is 60.7 Å². The number of hydrogen-bond acceptors (Lipinski definition) is 5. The van der Waals surface area contributed by atoms with Gasteiger partial charge in [-0.25, -0.2) is 0 Å². The number of furan rings is 1. The highest BCUT2D eigenvalue weighted by atomic mass is 32.2. The van der Waals surface area contributed by atoms with E-state index in [2.05, 4.69) is 5.32 Å². The molecule has 4 aromatic rings. The number of nitrogens with one attached hydrogen (secondary N) is 1. The van der Waals surface area contributed by atoms with E-state index < -0.39 is 0 Å². The van der Waals surface area contributed by atoms with E-state index in [1.807, 2.05) is 80.8 Å².